The molecule has 0 saturated heterocycles. The van der Waals surface area contributed by atoms with Gasteiger partial charge in [0.25, 0.3) is 0 Å². The molecule has 0 aromatic rings. The first-order valence-electron chi connectivity index (χ1n) is 5.29. The summed E-state index contributed by atoms with van der Waals surface area (Å²) in [5, 5.41) is 3.31. The fraction of sp³-hybridized carbons (Fsp3) is 0.417. The van der Waals surface area contributed by atoms with Crippen LogP contribution in [0.25, 0.3) is 0 Å². The van der Waals surface area contributed by atoms with Gasteiger partial charge in [-0.15, -0.1) is 0 Å². The van der Waals surface area contributed by atoms with Crippen LogP contribution in [0.2, 0.25) is 0 Å². The largest absolute Gasteiger partial charge is 0.383 e. The molecule has 1 heterocycles. The molecule has 0 saturated carbocycles. The van der Waals surface area contributed by atoms with Gasteiger partial charge in [-0.2, -0.15) is 0 Å². The summed E-state index contributed by atoms with van der Waals surface area (Å²) in [7, 11) is 1.84. The SMILES string of the molecule is CC1CNC2=C(C=CCC=C2)N(C)C1=O. The molecular formula is C12H16N2O. The van der Waals surface area contributed by atoms with Gasteiger partial charge in [-0.25, -0.2) is 0 Å². The van der Waals surface area contributed by atoms with E-state index in [2.05, 4.69) is 23.5 Å². The molecule has 2 rings (SSSR count). The highest BCUT2D eigenvalue weighted by Gasteiger charge is 2.24. The van der Waals surface area contributed by atoms with E-state index in [0.717, 1.165) is 17.8 Å². The summed E-state index contributed by atoms with van der Waals surface area (Å²) < 4.78 is 0. The molecule has 1 unspecified atom stereocenters. The maximum absolute atomic E-state index is 11.9. The zero-order valence-corrected chi connectivity index (χ0v) is 9.16. The summed E-state index contributed by atoms with van der Waals surface area (Å²) in [5.41, 5.74) is 2.02. The summed E-state index contributed by atoms with van der Waals surface area (Å²) in [6, 6.07) is 0. The maximum atomic E-state index is 11.9. The van der Waals surface area contributed by atoms with Crippen LogP contribution in [-0.2, 0) is 4.79 Å². The van der Waals surface area contributed by atoms with Crippen molar-refractivity contribution in [2.45, 2.75) is 13.3 Å². The van der Waals surface area contributed by atoms with Crippen LogP contribution in [0.15, 0.2) is 35.7 Å². The predicted molar refractivity (Wildman–Crippen MR) is 59.9 cm³/mol. The van der Waals surface area contributed by atoms with Gasteiger partial charge >= 0.3 is 0 Å². The summed E-state index contributed by atoms with van der Waals surface area (Å²) in [6.45, 7) is 2.66. The molecule has 0 spiro atoms. The number of carbonyl (C=O) groups is 1. The number of hydrogen-bond acceptors (Lipinski definition) is 2. The highest BCUT2D eigenvalue weighted by atomic mass is 16.2. The monoisotopic (exact) mass is 204 g/mol. The Bertz CT molecular complexity index is 366. The van der Waals surface area contributed by atoms with Crippen LogP contribution < -0.4 is 5.32 Å². The van der Waals surface area contributed by atoms with Crippen LogP contribution >= 0.6 is 0 Å². The van der Waals surface area contributed by atoms with Gasteiger partial charge in [0, 0.05) is 13.6 Å². The lowest BCUT2D eigenvalue weighted by Crippen LogP contribution is -2.31. The Hall–Kier alpha value is -1.51. The fourth-order valence-corrected chi connectivity index (χ4v) is 1.86. The molecule has 1 N–H and O–H groups in total. The molecule has 15 heavy (non-hydrogen) atoms. The number of carbonyl (C=O) groups excluding carboxylic acids is 1. The highest BCUT2D eigenvalue weighted by molar-refractivity contribution is 5.81. The lowest BCUT2D eigenvalue weighted by atomic mass is 10.1. The van der Waals surface area contributed by atoms with Crippen molar-refractivity contribution in [2.75, 3.05) is 13.6 Å². The Morgan fingerprint density at radius 3 is 2.93 bits per heavy atom. The lowest BCUT2D eigenvalue weighted by Gasteiger charge is -2.19. The Labute approximate surface area is 90.1 Å². The molecule has 0 aromatic heterocycles. The first kappa shape index (κ1) is 10.0. The van der Waals surface area contributed by atoms with Crippen LogP contribution in [0.5, 0.6) is 0 Å². The number of nitrogens with zero attached hydrogens (tertiary/aromatic N) is 1. The zero-order valence-electron chi connectivity index (χ0n) is 9.16. The topological polar surface area (TPSA) is 32.3 Å². The van der Waals surface area contributed by atoms with Crippen molar-refractivity contribution in [2.24, 2.45) is 5.92 Å². The van der Waals surface area contributed by atoms with Gasteiger partial charge in [0.05, 0.1) is 17.3 Å². The summed E-state index contributed by atoms with van der Waals surface area (Å²) in [4.78, 5) is 13.6. The van der Waals surface area contributed by atoms with E-state index in [1.54, 1.807) is 4.90 Å². The normalized spacial score (nSPS) is 25.9. The van der Waals surface area contributed by atoms with Gasteiger partial charge in [-0.1, -0.05) is 19.1 Å². The van der Waals surface area contributed by atoms with Crippen LogP contribution in [0, 0.1) is 5.92 Å². The third kappa shape index (κ3) is 1.82. The van der Waals surface area contributed by atoms with Gasteiger partial charge in [-0.05, 0) is 18.6 Å². The second-order valence-electron chi connectivity index (χ2n) is 4.02. The minimum atomic E-state index is 0.0312. The summed E-state index contributed by atoms with van der Waals surface area (Å²) >= 11 is 0. The van der Waals surface area contributed by atoms with Crippen molar-refractivity contribution < 1.29 is 4.79 Å². The predicted octanol–water partition coefficient (Wildman–Crippen LogP) is 1.41. The van der Waals surface area contributed by atoms with E-state index in [9.17, 15) is 4.79 Å². The Balaban J connectivity index is 2.40. The van der Waals surface area contributed by atoms with Crippen molar-refractivity contribution in [3.05, 3.63) is 35.7 Å². The van der Waals surface area contributed by atoms with E-state index in [0.29, 0.717) is 6.54 Å². The van der Waals surface area contributed by atoms with Crippen molar-refractivity contribution in [3.8, 4) is 0 Å². The maximum Gasteiger partial charge on any atom is 0.231 e. The van der Waals surface area contributed by atoms with E-state index >= 15 is 0 Å². The van der Waals surface area contributed by atoms with Crippen molar-refractivity contribution in [1.82, 2.24) is 10.2 Å². The molecule has 3 heteroatoms. The molecular weight excluding hydrogens is 188 g/mol. The van der Waals surface area contributed by atoms with Gasteiger partial charge in [-0.3, -0.25) is 4.79 Å². The molecule has 2 aliphatic rings. The molecule has 3 nitrogen and oxygen atoms in total. The van der Waals surface area contributed by atoms with Crippen molar-refractivity contribution in [1.29, 1.82) is 0 Å². The van der Waals surface area contributed by atoms with Crippen LogP contribution in [0.4, 0.5) is 0 Å². The second kappa shape index (κ2) is 3.93. The van der Waals surface area contributed by atoms with Crippen LogP contribution in [-0.4, -0.2) is 24.4 Å². The average molecular weight is 204 g/mol. The van der Waals surface area contributed by atoms with E-state index in [1.165, 1.54) is 0 Å². The molecule has 80 valence electrons. The first-order chi connectivity index (χ1) is 7.20. The number of rotatable bonds is 0. The standard InChI is InChI=1S/C12H16N2O/c1-9-8-13-10-6-4-3-5-7-11(10)14(2)12(9)15/h4-7,9,13H,3,8H2,1-2H3. The number of amides is 1. The van der Waals surface area contributed by atoms with Crippen molar-refractivity contribution >= 4 is 5.91 Å². The molecule has 1 aliphatic heterocycles. The van der Waals surface area contributed by atoms with Crippen LogP contribution in [0.1, 0.15) is 13.3 Å². The third-order valence-electron chi connectivity index (χ3n) is 2.82. The highest BCUT2D eigenvalue weighted by Crippen LogP contribution is 2.19. The molecule has 0 bridgehead atoms. The number of allylic oxidation sites excluding steroid dienone is 4. The minimum Gasteiger partial charge on any atom is -0.383 e. The lowest BCUT2D eigenvalue weighted by molar-refractivity contribution is -0.131. The van der Waals surface area contributed by atoms with Crippen molar-refractivity contribution in [3.63, 3.8) is 0 Å². The fourth-order valence-electron chi connectivity index (χ4n) is 1.86. The molecule has 0 aromatic carbocycles. The molecule has 1 amide bonds. The second-order valence-corrected chi connectivity index (χ2v) is 4.02. The Morgan fingerprint density at radius 1 is 1.40 bits per heavy atom. The van der Waals surface area contributed by atoms with E-state index in [1.807, 2.05) is 20.0 Å². The van der Waals surface area contributed by atoms with E-state index in [4.69, 9.17) is 0 Å². The average Bonchev–Trinajstić information content (AvgIpc) is 2.52. The van der Waals surface area contributed by atoms with Crippen LogP contribution in [0.3, 0.4) is 0 Å². The Morgan fingerprint density at radius 2 is 2.13 bits per heavy atom. The smallest absolute Gasteiger partial charge is 0.231 e. The molecule has 0 radical (unpaired) electrons. The molecule has 1 atom stereocenters. The summed E-state index contributed by atoms with van der Waals surface area (Å²) in [6.07, 6.45) is 9.15. The summed E-state index contributed by atoms with van der Waals surface area (Å²) in [5.74, 6) is 0.205. The van der Waals surface area contributed by atoms with Gasteiger partial charge in [0.15, 0.2) is 0 Å². The quantitative estimate of drug-likeness (QED) is 0.647. The zero-order chi connectivity index (χ0) is 10.8. The number of nitrogens with one attached hydrogen (secondary N) is 1. The third-order valence-corrected chi connectivity index (χ3v) is 2.82. The first-order valence-corrected chi connectivity index (χ1v) is 5.29. The van der Waals surface area contributed by atoms with E-state index < -0.39 is 0 Å². The van der Waals surface area contributed by atoms with E-state index in [-0.39, 0.29) is 11.8 Å². The molecule has 0 fully saturated rings. The minimum absolute atomic E-state index is 0.0312. The number of hydrogen-bond donors (Lipinski definition) is 1. The number of likely N-dealkylation sites (N-methyl/N-ethyl adjacent to an activating group) is 1. The molecule has 1 aliphatic carbocycles. The Kier molecular flexibility index (Phi) is 2.62. The van der Waals surface area contributed by atoms with Gasteiger partial charge in [0.1, 0.15) is 0 Å². The van der Waals surface area contributed by atoms with Gasteiger partial charge < -0.3 is 10.2 Å². The van der Waals surface area contributed by atoms with Gasteiger partial charge in [0.2, 0.25) is 5.91 Å².